The second kappa shape index (κ2) is 7.26. The van der Waals surface area contributed by atoms with E-state index in [1.54, 1.807) is 11.3 Å². The number of aryl methyl sites for hydroxylation is 1. The fourth-order valence-corrected chi connectivity index (χ4v) is 4.80. The highest BCUT2D eigenvalue weighted by Gasteiger charge is 2.40. The van der Waals surface area contributed by atoms with Crippen LogP contribution in [0.3, 0.4) is 0 Å². The molecule has 25 heavy (non-hydrogen) atoms. The van der Waals surface area contributed by atoms with E-state index in [-0.39, 0.29) is 5.92 Å². The van der Waals surface area contributed by atoms with E-state index in [9.17, 15) is 4.79 Å². The highest BCUT2D eigenvalue weighted by Crippen LogP contribution is 2.31. The molecule has 3 fully saturated rings. The van der Waals surface area contributed by atoms with Crippen LogP contribution in [-0.2, 0) is 24.3 Å². The Bertz CT molecular complexity index is 730. The zero-order valence-corrected chi connectivity index (χ0v) is 15.5. The number of hydrogen-bond donors (Lipinski definition) is 0. The molecule has 3 aliphatic rings. The summed E-state index contributed by atoms with van der Waals surface area (Å²) in [5, 5.41) is 2.06. The Morgan fingerprint density at radius 2 is 2.00 bits per heavy atom. The highest BCUT2D eigenvalue weighted by atomic mass is 32.1. The van der Waals surface area contributed by atoms with Crippen molar-refractivity contribution in [1.29, 1.82) is 0 Å². The van der Waals surface area contributed by atoms with Crippen LogP contribution in [0.2, 0.25) is 0 Å². The van der Waals surface area contributed by atoms with Crippen molar-refractivity contribution in [2.24, 2.45) is 5.92 Å². The van der Waals surface area contributed by atoms with E-state index in [1.807, 2.05) is 5.51 Å². The monoisotopic (exact) mass is 355 g/mol. The van der Waals surface area contributed by atoms with Gasteiger partial charge < -0.3 is 4.90 Å². The van der Waals surface area contributed by atoms with Gasteiger partial charge in [0.2, 0.25) is 5.91 Å². The van der Waals surface area contributed by atoms with Crippen LogP contribution in [0.25, 0.3) is 0 Å². The van der Waals surface area contributed by atoms with Crippen LogP contribution in [0.15, 0.2) is 35.2 Å². The summed E-state index contributed by atoms with van der Waals surface area (Å²) in [4.78, 5) is 21.9. The number of hydrogen-bond acceptors (Lipinski definition) is 4. The number of benzene rings is 1. The molecule has 0 unspecified atom stereocenters. The third-order valence-corrected chi connectivity index (χ3v) is 6.21. The van der Waals surface area contributed by atoms with E-state index in [0.29, 0.717) is 18.5 Å². The van der Waals surface area contributed by atoms with Crippen LogP contribution in [0, 0.1) is 5.92 Å². The van der Waals surface area contributed by atoms with Gasteiger partial charge in [-0.05, 0) is 30.4 Å². The van der Waals surface area contributed by atoms with Crippen LogP contribution >= 0.6 is 11.3 Å². The predicted molar refractivity (Wildman–Crippen MR) is 100 cm³/mol. The molecule has 5 heteroatoms. The number of rotatable bonds is 5. The Labute approximate surface area is 153 Å². The van der Waals surface area contributed by atoms with E-state index in [0.717, 1.165) is 44.6 Å². The minimum Gasteiger partial charge on any atom is -0.332 e. The fraction of sp³-hybridized carbons (Fsp3) is 0.500. The summed E-state index contributed by atoms with van der Waals surface area (Å²) in [6.45, 7) is 5.70. The summed E-state index contributed by atoms with van der Waals surface area (Å²) in [7, 11) is 0. The zero-order chi connectivity index (χ0) is 17.2. The lowest BCUT2D eigenvalue weighted by Gasteiger charge is -2.35. The van der Waals surface area contributed by atoms with Crippen LogP contribution in [0.4, 0.5) is 0 Å². The molecule has 1 amide bonds. The number of thiazole rings is 1. The number of carbonyl (C=O) groups excluding carboxylic acids is 1. The van der Waals surface area contributed by atoms with Crippen molar-refractivity contribution in [1.82, 2.24) is 14.8 Å². The van der Waals surface area contributed by atoms with Gasteiger partial charge in [-0.3, -0.25) is 9.69 Å². The molecular weight excluding hydrogens is 330 g/mol. The maximum absolute atomic E-state index is 12.9. The minimum absolute atomic E-state index is 0.145. The van der Waals surface area contributed by atoms with E-state index in [4.69, 9.17) is 0 Å². The molecule has 0 saturated carbocycles. The molecule has 132 valence electrons. The van der Waals surface area contributed by atoms with Crippen molar-refractivity contribution in [3.63, 3.8) is 0 Å². The lowest BCUT2D eigenvalue weighted by Crippen LogP contribution is -2.47. The van der Waals surface area contributed by atoms with Gasteiger partial charge in [0.25, 0.3) is 0 Å². The second-order valence-corrected chi connectivity index (χ2v) is 7.91. The normalized spacial score (nSPS) is 23.9. The first kappa shape index (κ1) is 16.7. The van der Waals surface area contributed by atoms with Crippen molar-refractivity contribution in [3.8, 4) is 0 Å². The largest absolute Gasteiger partial charge is 0.332 e. The van der Waals surface area contributed by atoms with Gasteiger partial charge in [-0.1, -0.05) is 31.2 Å². The molecule has 2 atom stereocenters. The second-order valence-electron chi connectivity index (χ2n) is 7.19. The van der Waals surface area contributed by atoms with Gasteiger partial charge in [-0.2, -0.15) is 0 Å². The van der Waals surface area contributed by atoms with Gasteiger partial charge in [-0.25, -0.2) is 4.98 Å². The van der Waals surface area contributed by atoms with E-state index in [2.05, 4.69) is 51.4 Å². The van der Waals surface area contributed by atoms with Crippen molar-refractivity contribution < 1.29 is 4.79 Å². The van der Waals surface area contributed by atoms with Crippen molar-refractivity contribution in [2.75, 3.05) is 13.1 Å². The Morgan fingerprint density at radius 3 is 2.76 bits per heavy atom. The molecule has 0 spiro atoms. The molecule has 0 aliphatic carbocycles. The lowest BCUT2D eigenvalue weighted by molar-refractivity contribution is -0.140. The molecule has 2 aromatic rings. The van der Waals surface area contributed by atoms with Gasteiger partial charge >= 0.3 is 0 Å². The van der Waals surface area contributed by atoms with Crippen molar-refractivity contribution in [2.45, 2.75) is 45.3 Å². The molecule has 4 nitrogen and oxygen atoms in total. The number of piperidine rings is 1. The average Bonchev–Trinajstić information content (AvgIpc) is 3.01. The number of carbonyl (C=O) groups is 1. The van der Waals surface area contributed by atoms with Gasteiger partial charge in [0, 0.05) is 31.1 Å². The maximum atomic E-state index is 12.9. The van der Waals surface area contributed by atoms with Gasteiger partial charge in [0.15, 0.2) is 0 Å². The standard InChI is InChI=1S/C20H25N3OS/c1-2-15-5-3-4-6-16(15)9-22-10-17-7-8-19(12-22)23(20(17)24)11-18-13-25-14-21-18/h3-6,13-14,17,19H,2,7-12H2,1H3/t17-,19+/m1/s1. The quantitative estimate of drug-likeness (QED) is 0.825. The summed E-state index contributed by atoms with van der Waals surface area (Å²) in [5.41, 5.74) is 5.70. The Morgan fingerprint density at radius 1 is 1.16 bits per heavy atom. The number of amides is 1. The Hall–Kier alpha value is -1.72. The third-order valence-electron chi connectivity index (χ3n) is 5.58. The summed E-state index contributed by atoms with van der Waals surface area (Å²) in [5.74, 6) is 0.474. The van der Waals surface area contributed by atoms with Crippen LogP contribution in [0.1, 0.15) is 36.6 Å². The summed E-state index contributed by atoms with van der Waals surface area (Å²) >= 11 is 1.60. The molecule has 0 N–H and O–H groups in total. The predicted octanol–water partition coefficient (Wildman–Crippen LogP) is 3.33. The average molecular weight is 356 g/mol. The van der Waals surface area contributed by atoms with Crippen LogP contribution in [-0.4, -0.2) is 39.8 Å². The molecule has 1 aromatic heterocycles. The first-order valence-corrected chi connectivity index (χ1v) is 10.2. The van der Waals surface area contributed by atoms with Gasteiger partial charge in [-0.15, -0.1) is 11.3 Å². The fourth-order valence-electron chi connectivity index (χ4n) is 4.25. The molecule has 2 bridgehead atoms. The molecule has 4 heterocycles. The van der Waals surface area contributed by atoms with E-state index >= 15 is 0 Å². The number of fused-ring (bicyclic) bond motifs is 4. The van der Waals surface area contributed by atoms with E-state index in [1.165, 1.54) is 11.1 Å². The first-order valence-electron chi connectivity index (χ1n) is 9.21. The Balaban J connectivity index is 1.51. The topological polar surface area (TPSA) is 36.4 Å². The molecule has 3 aliphatic heterocycles. The zero-order valence-electron chi connectivity index (χ0n) is 14.7. The maximum Gasteiger partial charge on any atom is 0.227 e. The van der Waals surface area contributed by atoms with Gasteiger partial charge in [0.05, 0.1) is 23.7 Å². The third kappa shape index (κ3) is 3.48. The smallest absolute Gasteiger partial charge is 0.227 e. The van der Waals surface area contributed by atoms with Gasteiger partial charge in [0.1, 0.15) is 0 Å². The molecule has 0 radical (unpaired) electrons. The van der Waals surface area contributed by atoms with Crippen molar-refractivity contribution >= 4 is 17.2 Å². The molecule has 1 aromatic carbocycles. The first-order chi connectivity index (χ1) is 12.2. The van der Waals surface area contributed by atoms with Crippen LogP contribution in [0.5, 0.6) is 0 Å². The molecule has 5 rings (SSSR count). The van der Waals surface area contributed by atoms with E-state index < -0.39 is 0 Å². The summed E-state index contributed by atoms with van der Waals surface area (Å²) < 4.78 is 0. The summed E-state index contributed by atoms with van der Waals surface area (Å²) in [6.07, 6.45) is 3.21. The summed E-state index contributed by atoms with van der Waals surface area (Å²) in [6, 6.07) is 9.03. The van der Waals surface area contributed by atoms with Crippen LogP contribution < -0.4 is 0 Å². The lowest BCUT2D eigenvalue weighted by atomic mass is 9.94. The number of aromatic nitrogens is 1. The molecular formula is C20H25N3OS. The minimum atomic E-state index is 0.145. The SMILES string of the molecule is CCc1ccccc1CN1C[C@H]2CC[C@@H](C1)N(Cc1cscn1)C2=O. The highest BCUT2D eigenvalue weighted by molar-refractivity contribution is 7.07. The number of nitrogens with zero attached hydrogens (tertiary/aromatic N) is 3. The molecule has 3 saturated heterocycles. The Kier molecular flexibility index (Phi) is 4.86. The van der Waals surface area contributed by atoms with Crippen molar-refractivity contribution in [3.05, 3.63) is 52.0 Å².